The van der Waals surface area contributed by atoms with Crippen LogP contribution >= 0.6 is 0 Å². The molecular formula is C28H35N3. The van der Waals surface area contributed by atoms with Crippen LogP contribution in [0.25, 0.3) is 0 Å². The van der Waals surface area contributed by atoms with E-state index in [1.54, 1.807) is 0 Å². The molecule has 1 heterocycles. The smallest absolute Gasteiger partial charge is 0.0596 e. The van der Waals surface area contributed by atoms with Crippen molar-refractivity contribution in [3.63, 3.8) is 0 Å². The van der Waals surface area contributed by atoms with Crippen molar-refractivity contribution in [2.75, 3.05) is 4.90 Å². The van der Waals surface area contributed by atoms with Crippen molar-refractivity contribution in [1.29, 1.82) is 0 Å². The van der Waals surface area contributed by atoms with Gasteiger partial charge in [0.15, 0.2) is 0 Å². The summed E-state index contributed by atoms with van der Waals surface area (Å²) in [6.07, 6.45) is 13.3. The fraction of sp³-hybridized carbons (Fsp3) is 0.429. The van der Waals surface area contributed by atoms with Crippen LogP contribution in [0.5, 0.6) is 0 Å². The van der Waals surface area contributed by atoms with Crippen LogP contribution in [0, 0.1) is 36.0 Å². The number of terminal acetylenes is 1. The monoisotopic (exact) mass is 413 g/mol. The lowest BCUT2D eigenvalue weighted by molar-refractivity contribution is 0.0813. The maximum atomic E-state index is 5.76. The summed E-state index contributed by atoms with van der Waals surface area (Å²) in [7, 11) is 0. The zero-order valence-corrected chi connectivity index (χ0v) is 19.7. The Morgan fingerprint density at radius 1 is 1.19 bits per heavy atom. The van der Waals surface area contributed by atoms with E-state index in [0.717, 1.165) is 41.0 Å². The summed E-state index contributed by atoms with van der Waals surface area (Å²) >= 11 is 0. The van der Waals surface area contributed by atoms with Gasteiger partial charge in [-0.3, -0.25) is 9.98 Å². The Bertz CT molecular complexity index is 974. The van der Waals surface area contributed by atoms with Crippen molar-refractivity contribution in [3.8, 4) is 12.3 Å². The average Bonchev–Trinajstić information content (AvgIpc) is 2.69. The molecule has 2 aromatic rings. The van der Waals surface area contributed by atoms with Crippen LogP contribution in [0.3, 0.4) is 0 Å². The number of hydrogen-bond acceptors (Lipinski definition) is 3. The highest BCUT2D eigenvalue weighted by Crippen LogP contribution is 2.50. The maximum Gasteiger partial charge on any atom is 0.0596 e. The van der Waals surface area contributed by atoms with E-state index < -0.39 is 0 Å². The number of benzene rings is 1. The second-order valence-corrected chi connectivity index (χ2v) is 10.4. The van der Waals surface area contributed by atoms with Crippen LogP contribution in [0.4, 0.5) is 5.69 Å². The molecule has 1 aromatic carbocycles. The van der Waals surface area contributed by atoms with Gasteiger partial charge in [-0.25, -0.2) is 0 Å². The topological polar surface area (TPSA) is 28.5 Å². The van der Waals surface area contributed by atoms with Gasteiger partial charge in [-0.05, 0) is 67.5 Å². The predicted octanol–water partition coefficient (Wildman–Crippen LogP) is 6.77. The first-order chi connectivity index (χ1) is 14.6. The molecule has 1 saturated carbocycles. The number of aryl methyl sites for hydroxylation is 1. The maximum absolute atomic E-state index is 5.76. The number of aromatic nitrogens is 1. The number of allylic oxidation sites excluding steroid dienone is 1. The lowest BCUT2D eigenvalue weighted by Crippen LogP contribution is -2.34. The van der Waals surface area contributed by atoms with Gasteiger partial charge in [0.1, 0.15) is 0 Å². The highest BCUT2D eigenvalue weighted by Gasteiger charge is 2.39. The van der Waals surface area contributed by atoms with Gasteiger partial charge >= 0.3 is 0 Å². The van der Waals surface area contributed by atoms with Crippen LogP contribution in [0.15, 0.2) is 59.5 Å². The molecule has 162 valence electrons. The minimum Gasteiger partial charge on any atom is -0.340 e. The minimum absolute atomic E-state index is 0.280. The normalized spacial score (nSPS) is 18.3. The van der Waals surface area contributed by atoms with Crippen LogP contribution in [0.1, 0.15) is 63.8 Å². The summed E-state index contributed by atoms with van der Waals surface area (Å²) in [5, 5.41) is 0. The minimum atomic E-state index is 0.280. The third kappa shape index (κ3) is 5.85. The van der Waals surface area contributed by atoms with Gasteiger partial charge in [0.25, 0.3) is 0 Å². The highest BCUT2D eigenvalue weighted by molar-refractivity contribution is 5.51. The van der Waals surface area contributed by atoms with Crippen LogP contribution in [-0.4, -0.2) is 11.7 Å². The molecule has 3 rings (SSSR count). The Morgan fingerprint density at radius 2 is 1.87 bits per heavy atom. The van der Waals surface area contributed by atoms with Crippen molar-refractivity contribution in [2.24, 2.45) is 21.7 Å². The number of anilines is 1. The van der Waals surface area contributed by atoms with Gasteiger partial charge in [-0.2, -0.15) is 0 Å². The van der Waals surface area contributed by atoms with E-state index in [0.29, 0.717) is 12.5 Å². The molecule has 1 aromatic heterocycles. The second-order valence-electron chi connectivity index (χ2n) is 10.4. The Hall–Kier alpha value is -2.86. The Labute approximate surface area is 188 Å². The van der Waals surface area contributed by atoms with E-state index in [1.165, 1.54) is 6.42 Å². The number of aliphatic imine (C=N–C) groups is 1. The molecule has 0 saturated heterocycles. The second kappa shape index (κ2) is 9.10. The first kappa shape index (κ1) is 22.8. The lowest BCUT2D eigenvalue weighted by atomic mass is 9.61. The van der Waals surface area contributed by atoms with Gasteiger partial charge < -0.3 is 4.90 Å². The molecule has 0 bridgehead atoms. The predicted molar refractivity (Wildman–Crippen MR) is 132 cm³/mol. The molecule has 1 fully saturated rings. The molecule has 0 aliphatic heterocycles. The van der Waals surface area contributed by atoms with E-state index in [4.69, 9.17) is 6.42 Å². The number of rotatable bonds is 6. The third-order valence-corrected chi connectivity index (χ3v) is 6.18. The van der Waals surface area contributed by atoms with Crippen molar-refractivity contribution in [2.45, 2.75) is 60.4 Å². The Morgan fingerprint density at radius 3 is 2.45 bits per heavy atom. The molecule has 3 nitrogen and oxygen atoms in total. The molecule has 0 N–H and O–H groups in total. The molecule has 0 spiro atoms. The number of hydrogen-bond donors (Lipinski definition) is 0. The van der Waals surface area contributed by atoms with Crippen molar-refractivity contribution in [3.05, 3.63) is 71.3 Å². The molecule has 1 aliphatic rings. The summed E-state index contributed by atoms with van der Waals surface area (Å²) in [4.78, 5) is 11.2. The van der Waals surface area contributed by atoms with Crippen LogP contribution < -0.4 is 4.90 Å². The number of pyridine rings is 1. The van der Waals surface area contributed by atoms with Crippen LogP contribution in [-0.2, 0) is 6.54 Å². The SMILES string of the molecule is C#Cc1ccccc1CN(/C=C(\N=C)C1CC(C)(C)CC(C)(C)C1)c1ccc(C)nc1. The molecule has 0 unspecified atom stereocenters. The standard InChI is InChI=1S/C28H35N3/c1-8-22-11-9-10-12-23(22)18-31(25-14-13-21(2)30-17-25)19-26(29-7)24-15-27(3,4)20-28(5,6)16-24/h1,9-14,17,19,24H,7,15-16,18,20H2,2-6H3/b26-19-. The van der Waals surface area contributed by atoms with E-state index in [-0.39, 0.29) is 10.8 Å². The molecule has 31 heavy (non-hydrogen) atoms. The van der Waals surface area contributed by atoms with Gasteiger partial charge in [0.05, 0.1) is 17.6 Å². The lowest BCUT2D eigenvalue weighted by Gasteiger charge is -2.45. The fourth-order valence-electron chi connectivity index (χ4n) is 5.31. The van der Waals surface area contributed by atoms with Gasteiger partial charge in [0, 0.05) is 29.9 Å². The summed E-state index contributed by atoms with van der Waals surface area (Å²) < 4.78 is 0. The molecular weight excluding hydrogens is 378 g/mol. The first-order valence-corrected chi connectivity index (χ1v) is 11.0. The molecule has 0 amide bonds. The van der Waals surface area contributed by atoms with E-state index in [1.807, 2.05) is 37.4 Å². The summed E-state index contributed by atoms with van der Waals surface area (Å²) in [6.45, 7) is 16.1. The van der Waals surface area contributed by atoms with Gasteiger partial charge in [0.2, 0.25) is 0 Å². The quantitative estimate of drug-likeness (QED) is 0.386. The summed E-state index contributed by atoms with van der Waals surface area (Å²) in [5.41, 5.74) is 5.64. The molecule has 0 radical (unpaired) electrons. The highest BCUT2D eigenvalue weighted by atomic mass is 15.1. The molecule has 0 atom stereocenters. The Balaban J connectivity index is 2.01. The van der Waals surface area contributed by atoms with Crippen molar-refractivity contribution < 1.29 is 0 Å². The van der Waals surface area contributed by atoms with E-state index >= 15 is 0 Å². The van der Waals surface area contributed by atoms with Crippen LogP contribution in [0.2, 0.25) is 0 Å². The summed E-state index contributed by atoms with van der Waals surface area (Å²) in [5.74, 6) is 3.19. The molecule has 1 aliphatic carbocycles. The zero-order valence-electron chi connectivity index (χ0n) is 19.7. The first-order valence-electron chi connectivity index (χ1n) is 11.0. The fourth-order valence-corrected chi connectivity index (χ4v) is 5.31. The third-order valence-electron chi connectivity index (χ3n) is 6.18. The Kier molecular flexibility index (Phi) is 6.70. The van der Waals surface area contributed by atoms with Crippen molar-refractivity contribution in [1.82, 2.24) is 4.98 Å². The zero-order chi connectivity index (χ0) is 22.6. The average molecular weight is 414 g/mol. The number of nitrogens with zero attached hydrogens (tertiary/aromatic N) is 3. The van der Waals surface area contributed by atoms with Gasteiger partial charge in [-0.15, -0.1) is 6.42 Å². The summed E-state index contributed by atoms with van der Waals surface area (Å²) in [6, 6.07) is 12.2. The van der Waals surface area contributed by atoms with Gasteiger partial charge in [-0.1, -0.05) is 51.8 Å². The largest absolute Gasteiger partial charge is 0.340 e. The molecule has 3 heteroatoms. The van der Waals surface area contributed by atoms with Crippen molar-refractivity contribution >= 4 is 12.4 Å². The van der Waals surface area contributed by atoms with E-state index in [2.05, 4.69) is 73.5 Å². The van der Waals surface area contributed by atoms with E-state index in [9.17, 15) is 0 Å².